The first kappa shape index (κ1) is 12.3. The van der Waals surface area contributed by atoms with Crippen LogP contribution in [-0.4, -0.2) is 39.6 Å². The predicted octanol–water partition coefficient (Wildman–Crippen LogP) is 1.29. The van der Waals surface area contributed by atoms with Crippen molar-refractivity contribution in [2.45, 2.75) is 6.54 Å². The Labute approximate surface area is 104 Å². The molecule has 0 saturated carbocycles. The van der Waals surface area contributed by atoms with E-state index in [0.717, 1.165) is 0 Å². The second-order valence-electron chi connectivity index (χ2n) is 3.64. The Morgan fingerprint density at radius 2 is 2.33 bits per heavy atom. The second kappa shape index (κ2) is 5.42. The number of nitrogens with zero attached hydrogens (tertiary/aromatic N) is 3. The maximum atomic E-state index is 11.3. The number of hydrogen-bond donors (Lipinski definition) is 1. The van der Waals surface area contributed by atoms with E-state index in [4.69, 9.17) is 4.74 Å². The second-order valence-corrected chi connectivity index (χ2v) is 3.64. The van der Waals surface area contributed by atoms with Gasteiger partial charge in [-0.05, 0) is 12.1 Å². The van der Waals surface area contributed by atoms with Gasteiger partial charge in [-0.25, -0.2) is 4.79 Å². The molecule has 0 aliphatic heterocycles. The summed E-state index contributed by atoms with van der Waals surface area (Å²) in [5.74, 6) is -1.02. The zero-order valence-electron chi connectivity index (χ0n) is 9.91. The summed E-state index contributed by atoms with van der Waals surface area (Å²) in [6, 6.07) is 5.34. The number of hydrogen-bond acceptors (Lipinski definition) is 4. The van der Waals surface area contributed by atoms with Gasteiger partial charge in [0.2, 0.25) is 0 Å². The molecule has 2 aromatic heterocycles. The number of pyridine rings is 1. The Bertz CT molecular complexity index is 537. The molecule has 0 saturated heterocycles. The van der Waals surface area contributed by atoms with Crippen molar-refractivity contribution in [1.29, 1.82) is 0 Å². The number of aromatic carboxylic acids is 1. The number of carbonyl (C=O) groups is 1. The van der Waals surface area contributed by atoms with Gasteiger partial charge in [0, 0.05) is 13.3 Å². The fourth-order valence-corrected chi connectivity index (χ4v) is 1.67. The largest absolute Gasteiger partial charge is 0.477 e. The SMILES string of the molecule is COCCn1ncc(-c2ccccn2)c1C(=O)O. The third-order valence-electron chi connectivity index (χ3n) is 2.49. The van der Waals surface area contributed by atoms with Crippen LogP contribution in [-0.2, 0) is 11.3 Å². The third-order valence-corrected chi connectivity index (χ3v) is 2.49. The Kier molecular flexibility index (Phi) is 3.69. The van der Waals surface area contributed by atoms with Crippen LogP contribution in [0.2, 0.25) is 0 Å². The molecule has 0 bridgehead atoms. The lowest BCUT2D eigenvalue weighted by atomic mass is 10.1. The molecular weight excluding hydrogens is 234 g/mol. The van der Waals surface area contributed by atoms with E-state index >= 15 is 0 Å². The lowest BCUT2D eigenvalue weighted by molar-refractivity contribution is 0.0681. The van der Waals surface area contributed by atoms with E-state index in [1.807, 2.05) is 0 Å². The van der Waals surface area contributed by atoms with E-state index in [1.54, 1.807) is 31.5 Å². The summed E-state index contributed by atoms with van der Waals surface area (Å²) in [5, 5.41) is 13.3. The van der Waals surface area contributed by atoms with Crippen molar-refractivity contribution in [1.82, 2.24) is 14.8 Å². The average molecular weight is 247 g/mol. The molecule has 0 unspecified atom stereocenters. The molecule has 0 aromatic carbocycles. The van der Waals surface area contributed by atoms with Gasteiger partial charge in [-0.3, -0.25) is 9.67 Å². The van der Waals surface area contributed by atoms with Crippen LogP contribution in [0.3, 0.4) is 0 Å². The fraction of sp³-hybridized carbons (Fsp3) is 0.250. The van der Waals surface area contributed by atoms with Crippen molar-refractivity contribution in [3.8, 4) is 11.3 Å². The highest BCUT2D eigenvalue weighted by molar-refractivity contribution is 5.93. The predicted molar refractivity (Wildman–Crippen MR) is 64.3 cm³/mol. The maximum absolute atomic E-state index is 11.3. The van der Waals surface area contributed by atoms with E-state index in [0.29, 0.717) is 24.4 Å². The van der Waals surface area contributed by atoms with Gasteiger partial charge >= 0.3 is 5.97 Å². The molecule has 0 amide bonds. The highest BCUT2D eigenvalue weighted by Crippen LogP contribution is 2.21. The zero-order chi connectivity index (χ0) is 13.0. The van der Waals surface area contributed by atoms with E-state index in [2.05, 4.69) is 10.1 Å². The van der Waals surface area contributed by atoms with Crippen LogP contribution in [0.5, 0.6) is 0 Å². The zero-order valence-corrected chi connectivity index (χ0v) is 9.91. The molecule has 0 fully saturated rings. The standard InChI is InChI=1S/C12H13N3O3/c1-18-7-6-15-11(12(16)17)9(8-14-15)10-4-2-3-5-13-10/h2-5,8H,6-7H2,1H3,(H,16,17). The summed E-state index contributed by atoms with van der Waals surface area (Å²) in [6.07, 6.45) is 3.13. The molecule has 2 aromatic rings. The molecule has 6 heteroatoms. The van der Waals surface area contributed by atoms with Crippen molar-refractivity contribution in [3.05, 3.63) is 36.3 Å². The van der Waals surface area contributed by atoms with Crippen LogP contribution in [0.4, 0.5) is 0 Å². The minimum atomic E-state index is -1.02. The Morgan fingerprint density at radius 3 is 2.94 bits per heavy atom. The molecule has 0 aliphatic rings. The summed E-state index contributed by atoms with van der Waals surface area (Å²) in [7, 11) is 1.56. The van der Waals surface area contributed by atoms with Crippen LogP contribution in [0.15, 0.2) is 30.6 Å². The number of rotatable bonds is 5. The number of methoxy groups -OCH3 is 1. The molecule has 1 N–H and O–H groups in total. The quantitative estimate of drug-likeness (QED) is 0.861. The molecule has 18 heavy (non-hydrogen) atoms. The third kappa shape index (κ3) is 2.38. The summed E-state index contributed by atoms with van der Waals surface area (Å²) in [6.45, 7) is 0.800. The Balaban J connectivity index is 2.42. The summed E-state index contributed by atoms with van der Waals surface area (Å²) >= 11 is 0. The van der Waals surface area contributed by atoms with Gasteiger partial charge in [-0.15, -0.1) is 0 Å². The first-order valence-corrected chi connectivity index (χ1v) is 5.43. The molecule has 94 valence electrons. The number of carboxylic acid groups (broad SMARTS) is 1. The molecule has 0 radical (unpaired) electrons. The minimum absolute atomic E-state index is 0.130. The van der Waals surface area contributed by atoms with Gasteiger partial charge in [-0.1, -0.05) is 6.07 Å². The van der Waals surface area contributed by atoms with Crippen LogP contribution in [0.1, 0.15) is 10.5 Å². The molecule has 2 heterocycles. The lowest BCUT2D eigenvalue weighted by Gasteiger charge is -2.05. The van der Waals surface area contributed by atoms with Gasteiger partial charge in [0.15, 0.2) is 5.69 Å². The summed E-state index contributed by atoms with van der Waals surface area (Å²) < 4.78 is 6.34. The van der Waals surface area contributed by atoms with Crippen LogP contribution in [0.25, 0.3) is 11.3 Å². The monoisotopic (exact) mass is 247 g/mol. The molecule has 0 aliphatic carbocycles. The molecular formula is C12H13N3O3. The van der Waals surface area contributed by atoms with E-state index in [9.17, 15) is 9.90 Å². The maximum Gasteiger partial charge on any atom is 0.354 e. The number of carboxylic acids is 1. The van der Waals surface area contributed by atoms with Crippen LogP contribution in [0, 0.1) is 0 Å². The first-order chi connectivity index (χ1) is 8.74. The smallest absolute Gasteiger partial charge is 0.354 e. The van der Waals surface area contributed by atoms with E-state index in [1.165, 1.54) is 10.9 Å². The van der Waals surface area contributed by atoms with Gasteiger partial charge in [0.25, 0.3) is 0 Å². The van der Waals surface area contributed by atoms with Crippen molar-refractivity contribution in [2.75, 3.05) is 13.7 Å². The van der Waals surface area contributed by atoms with Crippen molar-refractivity contribution in [3.63, 3.8) is 0 Å². The lowest BCUT2D eigenvalue weighted by Crippen LogP contribution is -2.14. The normalized spacial score (nSPS) is 10.5. The summed E-state index contributed by atoms with van der Waals surface area (Å²) in [4.78, 5) is 15.4. The first-order valence-electron chi connectivity index (χ1n) is 5.43. The highest BCUT2D eigenvalue weighted by atomic mass is 16.5. The molecule has 6 nitrogen and oxygen atoms in total. The molecule has 0 spiro atoms. The average Bonchev–Trinajstić information content (AvgIpc) is 2.81. The van der Waals surface area contributed by atoms with Crippen molar-refractivity contribution < 1.29 is 14.6 Å². The number of ether oxygens (including phenoxy) is 1. The Hall–Kier alpha value is -2.21. The van der Waals surface area contributed by atoms with Crippen LogP contribution >= 0.6 is 0 Å². The van der Waals surface area contributed by atoms with E-state index < -0.39 is 5.97 Å². The topological polar surface area (TPSA) is 77.2 Å². The molecule has 2 rings (SSSR count). The highest BCUT2D eigenvalue weighted by Gasteiger charge is 2.19. The number of aromatic nitrogens is 3. The van der Waals surface area contributed by atoms with E-state index in [-0.39, 0.29) is 5.69 Å². The van der Waals surface area contributed by atoms with Gasteiger partial charge in [0.05, 0.1) is 30.6 Å². The van der Waals surface area contributed by atoms with Gasteiger partial charge in [0.1, 0.15) is 0 Å². The Morgan fingerprint density at radius 1 is 1.50 bits per heavy atom. The minimum Gasteiger partial charge on any atom is -0.477 e. The van der Waals surface area contributed by atoms with Crippen molar-refractivity contribution in [2.24, 2.45) is 0 Å². The van der Waals surface area contributed by atoms with Gasteiger partial charge in [-0.2, -0.15) is 5.10 Å². The fourth-order valence-electron chi connectivity index (χ4n) is 1.67. The molecule has 0 atom stereocenters. The van der Waals surface area contributed by atoms with Crippen molar-refractivity contribution >= 4 is 5.97 Å². The van der Waals surface area contributed by atoms with Crippen LogP contribution < -0.4 is 0 Å². The summed E-state index contributed by atoms with van der Waals surface area (Å²) in [5.41, 5.74) is 1.24. The van der Waals surface area contributed by atoms with Gasteiger partial charge < -0.3 is 9.84 Å².